The molecule has 1 atom stereocenters. The minimum absolute atomic E-state index is 0.122. The Balaban J connectivity index is 1.96. The lowest BCUT2D eigenvalue weighted by Crippen LogP contribution is -2.24. The van der Waals surface area contributed by atoms with Crippen LogP contribution in [-0.2, 0) is 9.53 Å². The van der Waals surface area contributed by atoms with E-state index in [4.69, 9.17) is 4.74 Å². The van der Waals surface area contributed by atoms with Gasteiger partial charge in [0.25, 0.3) is 5.56 Å². The second-order valence-corrected chi connectivity index (χ2v) is 6.88. The van der Waals surface area contributed by atoms with E-state index >= 15 is 0 Å². The van der Waals surface area contributed by atoms with E-state index in [1.54, 1.807) is 24.3 Å². The van der Waals surface area contributed by atoms with Crippen molar-refractivity contribution in [2.75, 3.05) is 6.61 Å². The van der Waals surface area contributed by atoms with Gasteiger partial charge in [0.15, 0.2) is 5.16 Å². The SMILES string of the molecule is O=C1OCCC1Sc1nc2ccccc2c(=O)n1-c1ccc(F)cc1F. The highest BCUT2D eigenvalue weighted by Gasteiger charge is 2.30. The molecule has 1 fully saturated rings. The van der Waals surface area contributed by atoms with Crippen LogP contribution in [0.25, 0.3) is 16.6 Å². The number of rotatable bonds is 3. The number of cyclic esters (lactones) is 1. The van der Waals surface area contributed by atoms with Crippen molar-refractivity contribution < 1.29 is 18.3 Å². The number of aromatic nitrogens is 2. The number of carbonyl (C=O) groups is 1. The van der Waals surface area contributed by atoms with Gasteiger partial charge in [-0.05, 0) is 24.3 Å². The zero-order valence-electron chi connectivity index (χ0n) is 13.3. The van der Waals surface area contributed by atoms with Gasteiger partial charge in [-0.2, -0.15) is 0 Å². The Hall–Kier alpha value is -2.74. The van der Waals surface area contributed by atoms with E-state index < -0.39 is 28.4 Å². The van der Waals surface area contributed by atoms with E-state index in [-0.39, 0.29) is 10.8 Å². The second-order valence-electron chi connectivity index (χ2n) is 5.71. The minimum Gasteiger partial charge on any atom is -0.465 e. The summed E-state index contributed by atoms with van der Waals surface area (Å²) in [6.07, 6.45) is 0.470. The molecule has 0 radical (unpaired) electrons. The lowest BCUT2D eigenvalue weighted by Gasteiger charge is -2.15. The fourth-order valence-electron chi connectivity index (χ4n) is 2.78. The Labute approximate surface area is 150 Å². The van der Waals surface area contributed by atoms with Crippen LogP contribution in [-0.4, -0.2) is 27.4 Å². The van der Waals surface area contributed by atoms with Crippen LogP contribution < -0.4 is 5.56 Å². The number of ether oxygens (including phenoxy) is 1. The number of para-hydroxylation sites is 1. The summed E-state index contributed by atoms with van der Waals surface area (Å²) in [5, 5.41) is -0.0737. The molecule has 1 saturated heterocycles. The standard InChI is InChI=1S/C18H12F2N2O3S/c19-10-5-6-14(12(20)9-10)22-16(23)11-3-1-2-4-13(11)21-18(22)26-15-7-8-25-17(15)24/h1-6,9,15H,7-8H2. The summed E-state index contributed by atoms with van der Waals surface area (Å²) in [6, 6.07) is 9.61. The number of nitrogens with zero attached hydrogens (tertiary/aromatic N) is 2. The van der Waals surface area contributed by atoms with Gasteiger partial charge in [0.2, 0.25) is 0 Å². The highest BCUT2D eigenvalue weighted by atomic mass is 32.2. The van der Waals surface area contributed by atoms with Crippen molar-refractivity contribution in [3.63, 3.8) is 0 Å². The summed E-state index contributed by atoms with van der Waals surface area (Å²) in [5.74, 6) is -2.04. The smallest absolute Gasteiger partial charge is 0.319 e. The molecule has 2 heterocycles. The van der Waals surface area contributed by atoms with Crippen LogP contribution in [0.5, 0.6) is 0 Å². The molecule has 1 aromatic heterocycles. The molecule has 1 aliphatic heterocycles. The number of hydrogen-bond acceptors (Lipinski definition) is 5. The fourth-order valence-corrected chi connectivity index (χ4v) is 3.85. The topological polar surface area (TPSA) is 61.2 Å². The number of esters is 1. The maximum Gasteiger partial charge on any atom is 0.319 e. The molecule has 0 saturated carbocycles. The molecule has 5 nitrogen and oxygen atoms in total. The Kier molecular flexibility index (Phi) is 4.20. The molecule has 26 heavy (non-hydrogen) atoms. The summed E-state index contributed by atoms with van der Waals surface area (Å²) < 4.78 is 33.7. The van der Waals surface area contributed by atoms with Crippen molar-refractivity contribution in [2.24, 2.45) is 0 Å². The summed E-state index contributed by atoms with van der Waals surface area (Å²) in [5.41, 5.74) is -0.177. The zero-order valence-corrected chi connectivity index (χ0v) is 14.1. The lowest BCUT2D eigenvalue weighted by molar-refractivity contribution is -0.137. The number of thioether (sulfide) groups is 1. The molecule has 8 heteroatoms. The van der Waals surface area contributed by atoms with Crippen molar-refractivity contribution in [2.45, 2.75) is 16.8 Å². The van der Waals surface area contributed by atoms with E-state index in [2.05, 4.69) is 4.98 Å². The average molecular weight is 374 g/mol. The first-order chi connectivity index (χ1) is 12.5. The van der Waals surface area contributed by atoms with Gasteiger partial charge in [-0.15, -0.1) is 0 Å². The zero-order chi connectivity index (χ0) is 18.3. The third kappa shape index (κ3) is 2.86. The first-order valence-corrected chi connectivity index (χ1v) is 8.73. The van der Waals surface area contributed by atoms with Gasteiger partial charge in [-0.25, -0.2) is 13.8 Å². The van der Waals surface area contributed by atoms with Crippen LogP contribution in [0.2, 0.25) is 0 Å². The van der Waals surface area contributed by atoms with E-state index in [1.807, 2.05) is 0 Å². The van der Waals surface area contributed by atoms with Gasteiger partial charge in [-0.1, -0.05) is 23.9 Å². The molecule has 1 unspecified atom stereocenters. The summed E-state index contributed by atoms with van der Waals surface area (Å²) in [7, 11) is 0. The van der Waals surface area contributed by atoms with Gasteiger partial charge >= 0.3 is 5.97 Å². The third-order valence-corrected chi connectivity index (χ3v) is 5.23. The lowest BCUT2D eigenvalue weighted by atomic mass is 10.2. The quantitative estimate of drug-likeness (QED) is 0.521. The largest absolute Gasteiger partial charge is 0.465 e. The molecule has 3 aromatic rings. The van der Waals surface area contributed by atoms with Gasteiger partial charge in [-0.3, -0.25) is 14.2 Å². The highest BCUT2D eigenvalue weighted by molar-refractivity contribution is 8.00. The molecule has 1 aliphatic rings. The number of halogens is 2. The molecule has 0 N–H and O–H groups in total. The predicted molar refractivity (Wildman–Crippen MR) is 92.5 cm³/mol. The van der Waals surface area contributed by atoms with E-state index in [0.29, 0.717) is 30.0 Å². The maximum absolute atomic E-state index is 14.4. The van der Waals surface area contributed by atoms with Gasteiger partial charge in [0.1, 0.15) is 16.9 Å². The molecular weight excluding hydrogens is 362 g/mol. The highest BCUT2D eigenvalue weighted by Crippen LogP contribution is 2.30. The van der Waals surface area contributed by atoms with Gasteiger partial charge in [0, 0.05) is 12.5 Å². The molecule has 132 valence electrons. The first-order valence-electron chi connectivity index (χ1n) is 7.85. The molecule has 0 aliphatic carbocycles. The van der Waals surface area contributed by atoms with E-state index in [9.17, 15) is 18.4 Å². The summed E-state index contributed by atoms with van der Waals surface area (Å²) >= 11 is 1.04. The Morgan fingerprint density at radius 2 is 1.96 bits per heavy atom. The van der Waals surface area contributed by atoms with Crippen molar-refractivity contribution in [1.29, 1.82) is 0 Å². The summed E-state index contributed by atoms with van der Waals surface area (Å²) in [4.78, 5) is 29.2. The molecule has 4 rings (SSSR count). The van der Waals surface area contributed by atoms with E-state index in [0.717, 1.165) is 22.4 Å². The van der Waals surface area contributed by atoms with Crippen LogP contribution in [0.15, 0.2) is 52.4 Å². The number of carbonyl (C=O) groups excluding carboxylic acids is 1. The minimum atomic E-state index is -0.889. The Morgan fingerprint density at radius 3 is 2.69 bits per heavy atom. The fraction of sp³-hybridized carbons (Fsp3) is 0.167. The monoisotopic (exact) mass is 374 g/mol. The second kappa shape index (κ2) is 6.53. The van der Waals surface area contributed by atoms with Gasteiger partial charge in [0.05, 0.1) is 23.2 Å². The van der Waals surface area contributed by atoms with Crippen molar-refractivity contribution in [3.05, 3.63) is 64.5 Å². The Morgan fingerprint density at radius 1 is 1.15 bits per heavy atom. The number of fused-ring (bicyclic) bond motifs is 1. The number of hydrogen-bond donors (Lipinski definition) is 0. The number of benzene rings is 2. The van der Waals surface area contributed by atoms with Crippen LogP contribution in [0, 0.1) is 11.6 Å². The van der Waals surface area contributed by atoms with Crippen molar-refractivity contribution in [1.82, 2.24) is 9.55 Å². The Bertz CT molecular complexity index is 1080. The molecule has 0 spiro atoms. The normalized spacial score (nSPS) is 16.8. The van der Waals surface area contributed by atoms with Crippen LogP contribution >= 0.6 is 11.8 Å². The van der Waals surface area contributed by atoms with Crippen molar-refractivity contribution >= 4 is 28.6 Å². The van der Waals surface area contributed by atoms with Gasteiger partial charge < -0.3 is 4.74 Å². The first kappa shape index (κ1) is 16.7. The molecular formula is C18H12F2N2O3S. The maximum atomic E-state index is 14.4. The van der Waals surface area contributed by atoms with Crippen LogP contribution in [0.1, 0.15) is 6.42 Å². The van der Waals surface area contributed by atoms with Crippen LogP contribution in [0.4, 0.5) is 8.78 Å². The third-order valence-electron chi connectivity index (χ3n) is 4.03. The average Bonchev–Trinajstić information content (AvgIpc) is 3.01. The molecule has 0 bridgehead atoms. The van der Waals surface area contributed by atoms with Crippen molar-refractivity contribution in [3.8, 4) is 5.69 Å². The molecule has 2 aromatic carbocycles. The molecule has 0 amide bonds. The summed E-state index contributed by atoms with van der Waals surface area (Å²) in [6.45, 7) is 0.291. The predicted octanol–water partition coefficient (Wildman–Crippen LogP) is 3.07. The van der Waals surface area contributed by atoms with E-state index in [1.165, 1.54) is 6.07 Å². The van der Waals surface area contributed by atoms with Crippen LogP contribution in [0.3, 0.4) is 0 Å².